The van der Waals surface area contributed by atoms with E-state index in [-0.39, 0.29) is 0 Å². The minimum absolute atomic E-state index is 0.309. The van der Waals surface area contributed by atoms with Gasteiger partial charge in [-0.3, -0.25) is 0 Å². The predicted octanol–water partition coefficient (Wildman–Crippen LogP) is 4.72. The number of imidazole rings is 1. The van der Waals surface area contributed by atoms with Crippen molar-refractivity contribution in [3.8, 4) is 11.1 Å². The number of carboxylic acid groups (broad SMARTS) is 1. The molecule has 5 heteroatoms. The normalized spacial score (nSPS) is 11.1. The van der Waals surface area contributed by atoms with Crippen LogP contribution in [0, 0.1) is 6.92 Å². The standard InChI is InChI=1S/C23H21N3O2/c1-3-20-25-21-15(2)12-13-24-22(21)26(20)14-16-8-10-17(11-9-16)18-6-4-5-7-19(18)23(27)28/h4-13H,3,14H2,1-2H3,(H,27,28). The van der Waals surface area contributed by atoms with Crippen LogP contribution in [-0.2, 0) is 13.0 Å². The van der Waals surface area contributed by atoms with Crippen molar-refractivity contribution in [3.05, 3.63) is 83.3 Å². The van der Waals surface area contributed by atoms with Crippen molar-refractivity contribution in [2.75, 3.05) is 0 Å². The van der Waals surface area contributed by atoms with Crippen molar-refractivity contribution in [1.29, 1.82) is 0 Å². The van der Waals surface area contributed by atoms with Crippen molar-refractivity contribution < 1.29 is 9.90 Å². The number of carboxylic acids is 1. The summed E-state index contributed by atoms with van der Waals surface area (Å²) in [6.45, 7) is 4.82. The number of hydrogen-bond acceptors (Lipinski definition) is 3. The summed E-state index contributed by atoms with van der Waals surface area (Å²) in [5, 5.41) is 9.42. The van der Waals surface area contributed by atoms with Crippen LogP contribution in [0.5, 0.6) is 0 Å². The Hall–Kier alpha value is -3.47. The quantitative estimate of drug-likeness (QED) is 0.551. The molecule has 0 fully saturated rings. The zero-order valence-corrected chi connectivity index (χ0v) is 15.9. The molecule has 0 aliphatic carbocycles. The molecule has 0 radical (unpaired) electrons. The molecule has 0 amide bonds. The van der Waals surface area contributed by atoms with E-state index in [0.717, 1.165) is 45.7 Å². The summed E-state index contributed by atoms with van der Waals surface area (Å²) in [5.41, 5.74) is 6.02. The number of carbonyl (C=O) groups is 1. The van der Waals surface area contributed by atoms with Crippen molar-refractivity contribution in [2.45, 2.75) is 26.8 Å². The Bertz CT molecular complexity index is 1160. The van der Waals surface area contributed by atoms with E-state index in [0.29, 0.717) is 12.1 Å². The maximum absolute atomic E-state index is 11.5. The number of pyridine rings is 1. The zero-order chi connectivity index (χ0) is 19.7. The Morgan fingerprint density at radius 2 is 1.82 bits per heavy atom. The Labute approximate surface area is 163 Å². The molecule has 0 unspecified atom stereocenters. The van der Waals surface area contributed by atoms with Gasteiger partial charge in [-0.2, -0.15) is 0 Å². The van der Waals surface area contributed by atoms with Crippen LogP contribution < -0.4 is 0 Å². The van der Waals surface area contributed by atoms with Gasteiger partial charge in [-0.25, -0.2) is 14.8 Å². The molecule has 0 saturated heterocycles. The number of aromatic carboxylic acids is 1. The molecule has 1 N–H and O–H groups in total. The fourth-order valence-electron chi connectivity index (χ4n) is 3.51. The van der Waals surface area contributed by atoms with Gasteiger partial charge in [-0.15, -0.1) is 0 Å². The summed E-state index contributed by atoms with van der Waals surface area (Å²) in [5.74, 6) is 0.0932. The molecule has 0 bridgehead atoms. The van der Waals surface area contributed by atoms with Gasteiger partial charge in [0, 0.05) is 12.6 Å². The fourth-order valence-corrected chi connectivity index (χ4v) is 3.51. The second kappa shape index (κ2) is 7.27. The molecule has 0 atom stereocenters. The van der Waals surface area contributed by atoms with Crippen molar-refractivity contribution >= 4 is 17.1 Å². The second-order valence-electron chi connectivity index (χ2n) is 6.82. The van der Waals surface area contributed by atoms with E-state index < -0.39 is 5.97 Å². The highest BCUT2D eigenvalue weighted by molar-refractivity contribution is 5.96. The first kappa shape index (κ1) is 17.9. The molecule has 2 aromatic heterocycles. The van der Waals surface area contributed by atoms with Crippen LogP contribution in [0.15, 0.2) is 60.8 Å². The first-order valence-corrected chi connectivity index (χ1v) is 9.31. The lowest BCUT2D eigenvalue weighted by Crippen LogP contribution is -2.05. The van der Waals surface area contributed by atoms with Crippen LogP contribution in [0.2, 0.25) is 0 Å². The lowest BCUT2D eigenvalue weighted by molar-refractivity contribution is 0.0697. The summed E-state index contributed by atoms with van der Waals surface area (Å²) in [7, 11) is 0. The number of aryl methyl sites for hydroxylation is 2. The third kappa shape index (κ3) is 3.16. The van der Waals surface area contributed by atoms with Gasteiger partial charge < -0.3 is 9.67 Å². The first-order chi connectivity index (χ1) is 13.6. The molecular weight excluding hydrogens is 350 g/mol. The highest BCUT2D eigenvalue weighted by Gasteiger charge is 2.14. The average molecular weight is 371 g/mol. The maximum Gasteiger partial charge on any atom is 0.336 e. The van der Waals surface area contributed by atoms with Crippen molar-refractivity contribution in [1.82, 2.24) is 14.5 Å². The summed E-state index contributed by atoms with van der Waals surface area (Å²) in [4.78, 5) is 20.8. The van der Waals surface area contributed by atoms with Gasteiger partial charge in [0.2, 0.25) is 0 Å². The van der Waals surface area contributed by atoms with Crippen LogP contribution in [0.4, 0.5) is 0 Å². The lowest BCUT2D eigenvalue weighted by atomic mass is 9.99. The van der Waals surface area contributed by atoms with Crippen LogP contribution in [0.3, 0.4) is 0 Å². The predicted molar refractivity (Wildman–Crippen MR) is 110 cm³/mol. The molecule has 2 aromatic carbocycles. The van der Waals surface area contributed by atoms with Crippen LogP contribution >= 0.6 is 0 Å². The van der Waals surface area contributed by atoms with Crippen LogP contribution in [-0.4, -0.2) is 25.6 Å². The third-order valence-electron chi connectivity index (χ3n) is 4.99. The molecule has 0 saturated carbocycles. The zero-order valence-electron chi connectivity index (χ0n) is 15.9. The van der Waals surface area contributed by atoms with Crippen molar-refractivity contribution in [3.63, 3.8) is 0 Å². The van der Waals surface area contributed by atoms with E-state index in [4.69, 9.17) is 4.98 Å². The van der Waals surface area contributed by atoms with E-state index in [1.165, 1.54) is 0 Å². The Morgan fingerprint density at radius 3 is 2.54 bits per heavy atom. The van der Waals surface area contributed by atoms with Gasteiger partial charge in [-0.1, -0.05) is 49.4 Å². The molecule has 0 spiro atoms. The van der Waals surface area contributed by atoms with Gasteiger partial charge in [0.15, 0.2) is 5.65 Å². The molecule has 4 rings (SSSR count). The van der Waals surface area contributed by atoms with Crippen molar-refractivity contribution in [2.24, 2.45) is 0 Å². The van der Waals surface area contributed by atoms with Crippen LogP contribution in [0.25, 0.3) is 22.3 Å². The summed E-state index contributed by atoms with van der Waals surface area (Å²) in [6, 6.07) is 17.1. The van der Waals surface area contributed by atoms with E-state index in [2.05, 4.69) is 23.4 Å². The average Bonchev–Trinajstić information content (AvgIpc) is 3.07. The molecular formula is C23H21N3O2. The molecule has 0 aliphatic heterocycles. The number of hydrogen-bond donors (Lipinski definition) is 1. The highest BCUT2D eigenvalue weighted by Crippen LogP contribution is 2.25. The maximum atomic E-state index is 11.5. The van der Waals surface area contributed by atoms with Gasteiger partial charge in [0.05, 0.1) is 12.1 Å². The van der Waals surface area contributed by atoms with E-state index >= 15 is 0 Å². The smallest absolute Gasteiger partial charge is 0.336 e. The molecule has 28 heavy (non-hydrogen) atoms. The monoisotopic (exact) mass is 371 g/mol. The topological polar surface area (TPSA) is 68.0 Å². The molecule has 4 aromatic rings. The Morgan fingerprint density at radius 1 is 1.07 bits per heavy atom. The third-order valence-corrected chi connectivity index (χ3v) is 4.99. The van der Waals surface area contributed by atoms with E-state index in [9.17, 15) is 9.90 Å². The number of fused-ring (bicyclic) bond motifs is 1. The number of benzene rings is 2. The molecule has 140 valence electrons. The number of rotatable bonds is 5. The minimum atomic E-state index is -0.918. The summed E-state index contributed by atoms with van der Waals surface area (Å²) in [6.07, 6.45) is 2.65. The number of aromatic nitrogens is 3. The van der Waals surface area contributed by atoms with Gasteiger partial charge in [-0.05, 0) is 41.3 Å². The second-order valence-corrected chi connectivity index (χ2v) is 6.82. The lowest BCUT2D eigenvalue weighted by Gasteiger charge is -2.10. The minimum Gasteiger partial charge on any atom is -0.478 e. The summed E-state index contributed by atoms with van der Waals surface area (Å²) < 4.78 is 2.16. The van der Waals surface area contributed by atoms with Crippen LogP contribution in [0.1, 0.15) is 34.2 Å². The Kier molecular flexibility index (Phi) is 4.65. The van der Waals surface area contributed by atoms with Gasteiger partial charge >= 0.3 is 5.97 Å². The van der Waals surface area contributed by atoms with Gasteiger partial charge in [0.1, 0.15) is 11.3 Å². The first-order valence-electron chi connectivity index (χ1n) is 9.31. The Balaban J connectivity index is 1.69. The van der Waals surface area contributed by atoms with Gasteiger partial charge in [0.25, 0.3) is 0 Å². The highest BCUT2D eigenvalue weighted by atomic mass is 16.4. The molecule has 0 aliphatic rings. The largest absolute Gasteiger partial charge is 0.478 e. The molecule has 5 nitrogen and oxygen atoms in total. The number of nitrogens with zero attached hydrogens (tertiary/aromatic N) is 3. The SMILES string of the molecule is CCc1nc2c(C)ccnc2n1Cc1ccc(-c2ccccc2C(=O)O)cc1. The summed E-state index contributed by atoms with van der Waals surface area (Å²) >= 11 is 0. The fraction of sp³-hybridized carbons (Fsp3) is 0.174. The van der Waals surface area contributed by atoms with E-state index in [1.807, 2.05) is 48.7 Å². The van der Waals surface area contributed by atoms with E-state index in [1.54, 1.807) is 12.1 Å². The molecule has 2 heterocycles.